The van der Waals surface area contributed by atoms with Gasteiger partial charge in [0.1, 0.15) is 17.1 Å². The monoisotopic (exact) mass is 532 g/mol. The topological polar surface area (TPSA) is 98.2 Å². The molecule has 8 heteroatoms. The predicted octanol–water partition coefficient (Wildman–Crippen LogP) is 5.88. The van der Waals surface area contributed by atoms with Gasteiger partial charge >= 0.3 is 12.1 Å². The summed E-state index contributed by atoms with van der Waals surface area (Å²) < 4.78 is 16.9. The first-order valence-electron chi connectivity index (χ1n) is 13.3. The zero-order valence-electron chi connectivity index (χ0n) is 22.9. The van der Waals surface area contributed by atoms with Crippen LogP contribution in [0.15, 0.2) is 67.0 Å². The number of aromatic nitrogens is 1. The number of nitrogens with zero attached hydrogens (tertiary/aromatic N) is 2. The molecule has 0 unspecified atom stereocenters. The first-order valence-corrected chi connectivity index (χ1v) is 13.3. The highest BCUT2D eigenvalue weighted by Gasteiger charge is 2.33. The molecule has 39 heavy (non-hydrogen) atoms. The molecule has 206 valence electrons. The van der Waals surface area contributed by atoms with Crippen LogP contribution in [0.3, 0.4) is 0 Å². The lowest BCUT2D eigenvalue weighted by Crippen LogP contribution is -2.47. The van der Waals surface area contributed by atoms with Crippen LogP contribution in [0.1, 0.15) is 67.3 Å². The number of pyridine rings is 1. The molecule has 0 saturated carbocycles. The van der Waals surface area contributed by atoms with E-state index in [-0.39, 0.29) is 12.6 Å². The maximum absolute atomic E-state index is 13.3. The molecule has 0 spiro atoms. The number of carbonyl (C=O) groups excluding carboxylic acids is 2. The molecular weight excluding hydrogens is 496 g/mol. The van der Waals surface area contributed by atoms with Crippen LogP contribution in [-0.4, -0.2) is 51.8 Å². The van der Waals surface area contributed by atoms with Gasteiger partial charge in [0, 0.05) is 24.0 Å². The fourth-order valence-corrected chi connectivity index (χ4v) is 4.64. The molecule has 0 saturated heterocycles. The first-order chi connectivity index (χ1) is 18.6. The summed E-state index contributed by atoms with van der Waals surface area (Å²) in [6.07, 6.45) is 4.01. The summed E-state index contributed by atoms with van der Waals surface area (Å²) in [5, 5.41) is 10.9. The molecule has 0 fully saturated rings. The smallest absolute Gasteiger partial charge is 0.410 e. The molecule has 1 aliphatic rings. The first kappa shape index (κ1) is 28.1. The summed E-state index contributed by atoms with van der Waals surface area (Å²) >= 11 is 0. The Labute approximate surface area is 229 Å². The Balaban J connectivity index is 1.53. The SMILES string of the molecule is CCOC(=O)c1cccc(Oc2ccc3c(c2)C[C@@H](N(C[C@@H](O)c2cccnc2)C(=O)OC(C)(C)C)CC3)c1. The molecular formula is C31H36N2O6. The highest BCUT2D eigenvalue weighted by Crippen LogP contribution is 2.32. The summed E-state index contributed by atoms with van der Waals surface area (Å²) in [5.41, 5.74) is 2.65. The average molecular weight is 533 g/mol. The summed E-state index contributed by atoms with van der Waals surface area (Å²) in [4.78, 5) is 31.1. The molecule has 2 atom stereocenters. The van der Waals surface area contributed by atoms with E-state index in [1.165, 1.54) is 5.56 Å². The number of benzene rings is 2. The van der Waals surface area contributed by atoms with Crippen LogP contribution in [0.2, 0.25) is 0 Å². The number of aliphatic hydroxyl groups is 1. The lowest BCUT2D eigenvalue weighted by molar-refractivity contribution is 0.00190. The molecule has 1 aliphatic carbocycles. The third kappa shape index (κ3) is 7.57. The van der Waals surface area contributed by atoms with E-state index in [0.717, 1.165) is 18.4 Å². The molecule has 3 aromatic rings. The van der Waals surface area contributed by atoms with Crippen LogP contribution in [0.4, 0.5) is 4.79 Å². The van der Waals surface area contributed by atoms with E-state index >= 15 is 0 Å². The van der Waals surface area contributed by atoms with Crippen molar-refractivity contribution in [3.63, 3.8) is 0 Å². The van der Waals surface area contributed by atoms with E-state index in [2.05, 4.69) is 4.98 Å². The number of aryl methyl sites for hydroxylation is 1. The van der Waals surface area contributed by atoms with E-state index in [1.54, 1.807) is 60.6 Å². The zero-order valence-corrected chi connectivity index (χ0v) is 22.9. The van der Waals surface area contributed by atoms with Gasteiger partial charge in [-0.25, -0.2) is 9.59 Å². The number of ether oxygens (including phenoxy) is 3. The summed E-state index contributed by atoms with van der Waals surface area (Å²) in [6.45, 7) is 7.65. The second kappa shape index (κ2) is 12.3. The van der Waals surface area contributed by atoms with Crippen LogP contribution in [-0.2, 0) is 22.3 Å². The minimum absolute atomic E-state index is 0.0947. The van der Waals surface area contributed by atoms with Gasteiger partial charge < -0.3 is 24.2 Å². The second-order valence-electron chi connectivity index (χ2n) is 10.6. The maximum Gasteiger partial charge on any atom is 0.410 e. The van der Waals surface area contributed by atoms with Crippen molar-refractivity contribution in [3.05, 3.63) is 89.2 Å². The fourth-order valence-electron chi connectivity index (χ4n) is 4.64. The molecule has 8 nitrogen and oxygen atoms in total. The van der Waals surface area contributed by atoms with Crippen LogP contribution in [0.25, 0.3) is 0 Å². The molecule has 1 amide bonds. The van der Waals surface area contributed by atoms with Gasteiger partial charge in [-0.2, -0.15) is 0 Å². The van der Waals surface area contributed by atoms with Crippen molar-refractivity contribution in [3.8, 4) is 11.5 Å². The van der Waals surface area contributed by atoms with E-state index in [0.29, 0.717) is 35.7 Å². The lowest BCUT2D eigenvalue weighted by atomic mass is 9.87. The van der Waals surface area contributed by atoms with Crippen LogP contribution in [0.5, 0.6) is 11.5 Å². The molecule has 4 rings (SSSR count). The maximum atomic E-state index is 13.3. The Morgan fingerprint density at radius 2 is 1.87 bits per heavy atom. The van der Waals surface area contributed by atoms with Crippen molar-refractivity contribution >= 4 is 12.1 Å². The molecule has 0 aliphatic heterocycles. The van der Waals surface area contributed by atoms with E-state index < -0.39 is 23.8 Å². The van der Waals surface area contributed by atoms with Crippen LogP contribution >= 0.6 is 0 Å². The van der Waals surface area contributed by atoms with Gasteiger partial charge in [-0.05, 0) is 94.5 Å². The van der Waals surface area contributed by atoms with Crippen molar-refractivity contribution in [1.29, 1.82) is 0 Å². The molecule has 1 aromatic heterocycles. The van der Waals surface area contributed by atoms with Gasteiger partial charge in [0.25, 0.3) is 0 Å². The highest BCUT2D eigenvalue weighted by molar-refractivity contribution is 5.89. The number of carbonyl (C=O) groups is 2. The number of aliphatic hydroxyl groups excluding tert-OH is 1. The summed E-state index contributed by atoms with van der Waals surface area (Å²) in [7, 11) is 0. The lowest BCUT2D eigenvalue weighted by Gasteiger charge is -2.37. The second-order valence-corrected chi connectivity index (χ2v) is 10.6. The minimum Gasteiger partial charge on any atom is -0.462 e. The summed E-state index contributed by atoms with van der Waals surface area (Å²) in [6, 6.07) is 16.2. The van der Waals surface area contributed by atoms with Crippen LogP contribution in [0, 0.1) is 0 Å². The Bertz CT molecular complexity index is 1290. The highest BCUT2D eigenvalue weighted by atomic mass is 16.6. The standard InChI is InChI=1S/C31H36N2O6/c1-5-37-29(35)22-8-6-10-26(17-22)38-27-14-12-21-11-13-25(16-24(21)18-27)33(30(36)39-31(2,3)4)20-28(34)23-9-7-15-32-19-23/h6-10,12,14-15,17-19,25,28,34H,5,11,13,16,20H2,1-4H3/t25-,28+/m0/s1. The van der Waals surface area contributed by atoms with Gasteiger partial charge in [0.2, 0.25) is 0 Å². The number of amides is 1. The fraction of sp³-hybridized carbons (Fsp3) is 0.387. The summed E-state index contributed by atoms with van der Waals surface area (Å²) in [5.74, 6) is 0.768. The largest absolute Gasteiger partial charge is 0.462 e. The van der Waals surface area contributed by atoms with Gasteiger partial charge in [-0.15, -0.1) is 0 Å². The Morgan fingerprint density at radius 3 is 2.59 bits per heavy atom. The van der Waals surface area contributed by atoms with E-state index in [9.17, 15) is 14.7 Å². The van der Waals surface area contributed by atoms with Crippen molar-refractivity contribution in [2.45, 2.75) is 64.7 Å². The Kier molecular flexibility index (Phi) is 8.86. The van der Waals surface area contributed by atoms with Crippen molar-refractivity contribution in [2.75, 3.05) is 13.2 Å². The van der Waals surface area contributed by atoms with Crippen LogP contribution < -0.4 is 4.74 Å². The number of hydrogen-bond acceptors (Lipinski definition) is 7. The minimum atomic E-state index is -0.894. The zero-order chi connectivity index (χ0) is 28.0. The van der Waals surface area contributed by atoms with Gasteiger partial charge in [-0.1, -0.05) is 18.2 Å². The van der Waals surface area contributed by atoms with Crippen molar-refractivity contribution in [1.82, 2.24) is 9.88 Å². The molecule has 1 heterocycles. The number of rotatable bonds is 8. The van der Waals surface area contributed by atoms with Gasteiger partial charge in [0.05, 0.1) is 24.8 Å². The van der Waals surface area contributed by atoms with E-state index in [4.69, 9.17) is 14.2 Å². The quantitative estimate of drug-likeness (QED) is 0.362. The molecule has 1 N–H and O–H groups in total. The Hall–Kier alpha value is -3.91. The molecule has 0 bridgehead atoms. The van der Waals surface area contributed by atoms with Crippen molar-refractivity contribution in [2.24, 2.45) is 0 Å². The molecule has 2 aromatic carbocycles. The number of esters is 1. The third-order valence-electron chi connectivity index (χ3n) is 6.47. The van der Waals surface area contributed by atoms with Gasteiger partial charge in [0.15, 0.2) is 0 Å². The molecule has 0 radical (unpaired) electrons. The number of hydrogen-bond donors (Lipinski definition) is 1. The van der Waals surface area contributed by atoms with Gasteiger partial charge in [-0.3, -0.25) is 4.98 Å². The average Bonchev–Trinajstić information content (AvgIpc) is 2.91. The van der Waals surface area contributed by atoms with E-state index in [1.807, 2.05) is 39.0 Å². The third-order valence-corrected chi connectivity index (χ3v) is 6.47. The normalized spacial score (nSPS) is 15.6. The Morgan fingerprint density at radius 1 is 1.08 bits per heavy atom. The predicted molar refractivity (Wildman–Crippen MR) is 147 cm³/mol. The number of fused-ring (bicyclic) bond motifs is 1. The van der Waals surface area contributed by atoms with Crippen molar-refractivity contribution < 1.29 is 28.9 Å².